The lowest BCUT2D eigenvalue weighted by atomic mass is 9.95. The van der Waals surface area contributed by atoms with Crippen LogP contribution in [-0.2, 0) is 32.2 Å². The van der Waals surface area contributed by atoms with E-state index in [9.17, 15) is 14.7 Å². The second-order valence-electron chi connectivity index (χ2n) is 10.3. The molecule has 1 aliphatic heterocycles. The number of aromatic hydroxyl groups is 1. The molecule has 1 fully saturated rings. The zero-order valence-corrected chi connectivity index (χ0v) is 26.3. The van der Waals surface area contributed by atoms with Crippen LogP contribution in [0, 0.1) is 0 Å². The molecule has 0 bridgehead atoms. The Morgan fingerprint density at radius 1 is 0.909 bits per heavy atom. The zero-order chi connectivity index (χ0) is 31.4. The van der Waals surface area contributed by atoms with E-state index in [-0.39, 0.29) is 25.6 Å². The molecule has 0 aliphatic carbocycles. The van der Waals surface area contributed by atoms with Crippen LogP contribution in [-0.4, -0.2) is 40.1 Å². The zero-order valence-electron chi connectivity index (χ0n) is 23.3. The number of nitrogens with zero attached hydrogens (tertiary/aromatic N) is 1. The average Bonchev–Trinajstić information content (AvgIpc) is 3.24. The Kier molecular flexibility index (Phi) is 10.2. The number of hydrogen-bond acceptors (Lipinski definition) is 7. The third-order valence-electron chi connectivity index (χ3n) is 7.19. The first kappa shape index (κ1) is 32.3. The maximum Gasteiger partial charge on any atom is 0.338 e. The van der Waals surface area contributed by atoms with Crippen LogP contribution in [0.4, 0.5) is 0 Å². The Labute approximate surface area is 273 Å². The molecule has 0 radical (unpaired) electrons. The van der Waals surface area contributed by atoms with Gasteiger partial charge in [0.05, 0.1) is 25.4 Å². The Morgan fingerprint density at radius 2 is 1.55 bits per heavy atom. The van der Waals surface area contributed by atoms with Gasteiger partial charge in [-0.05, 0) is 60.5 Å². The molecule has 44 heavy (non-hydrogen) atoms. The van der Waals surface area contributed by atoms with Gasteiger partial charge in [0.15, 0.2) is 11.8 Å². The normalized spacial score (nSPS) is 21.3. The third-order valence-corrected chi connectivity index (χ3v) is 8.37. The van der Waals surface area contributed by atoms with E-state index in [0.29, 0.717) is 36.8 Å². The SMILES string of the molecule is CC1(OC(=O)c2ccccc2)C(OCc2ccc(Cl)cc2Cl)C(COCc2ccc(Cl)cc2Cl)OC1n1ccc(O)cc1=O. The molecule has 0 spiro atoms. The highest BCUT2D eigenvalue weighted by molar-refractivity contribution is 6.35. The van der Waals surface area contributed by atoms with Gasteiger partial charge < -0.3 is 24.1 Å². The lowest BCUT2D eigenvalue weighted by molar-refractivity contribution is -0.124. The summed E-state index contributed by atoms with van der Waals surface area (Å²) in [6, 6.07) is 20.9. The third kappa shape index (κ3) is 7.24. The summed E-state index contributed by atoms with van der Waals surface area (Å²) in [5, 5.41) is 11.7. The first-order valence-corrected chi connectivity index (χ1v) is 15.0. The summed E-state index contributed by atoms with van der Waals surface area (Å²) in [6.07, 6.45) is -1.61. The van der Waals surface area contributed by atoms with Gasteiger partial charge in [-0.25, -0.2) is 4.79 Å². The number of aromatic nitrogens is 1. The van der Waals surface area contributed by atoms with E-state index in [4.69, 9.17) is 65.4 Å². The highest BCUT2D eigenvalue weighted by atomic mass is 35.5. The summed E-state index contributed by atoms with van der Waals surface area (Å²) in [5.41, 5.74) is -0.527. The number of benzene rings is 3. The predicted molar refractivity (Wildman–Crippen MR) is 168 cm³/mol. The van der Waals surface area contributed by atoms with Gasteiger partial charge in [-0.3, -0.25) is 9.36 Å². The van der Waals surface area contributed by atoms with Crippen molar-refractivity contribution in [3.05, 3.63) is 132 Å². The van der Waals surface area contributed by atoms with Crippen molar-refractivity contribution in [1.29, 1.82) is 0 Å². The standard InChI is InChI=1S/C32H27Cl4NO7/c1-32(44-30(40)19-5-3-2-4-6-19)29(42-17-21-8-10-23(34)14-26(21)36)27(18-41-16-20-7-9-22(33)13-25(20)35)43-31(32)37-12-11-24(38)15-28(37)39/h2-15,27,29,31,38H,16-18H2,1H3. The summed E-state index contributed by atoms with van der Waals surface area (Å²) in [6.45, 7) is 1.72. The van der Waals surface area contributed by atoms with Crippen LogP contribution in [0.2, 0.25) is 20.1 Å². The Hall–Kier alpha value is -3.08. The van der Waals surface area contributed by atoms with Gasteiger partial charge in [-0.15, -0.1) is 0 Å². The van der Waals surface area contributed by atoms with E-state index >= 15 is 0 Å². The smallest absolute Gasteiger partial charge is 0.338 e. The number of rotatable bonds is 10. The molecule has 3 aromatic carbocycles. The fourth-order valence-electron chi connectivity index (χ4n) is 4.98. The Balaban J connectivity index is 1.50. The van der Waals surface area contributed by atoms with Gasteiger partial charge in [-0.2, -0.15) is 0 Å². The van der Waals surface area contributed by atoms with Crippen molar-refractivity contribution in [2.45, 2.75) is 44.2 Å². The van der Waals surface area contributed by atoms with E-state index in [2.05, 4.69) is 0 Å². The van der Waals surface area contributed by atoms with Gasteiger partial charge in [-0.1, -0.05) is 76.7 Å². The van der Waals surface area contributed by atoms with Gasteiger partial charge in [0, 0.05) is 32.4 Å². The molecule has 4 unspecified atom stereocenters. The number of carbonyl (C=O) groups excluding carboxylic acids is 1. The monoisotopic (exact) mass is 677 g/mol. The predicted octanol–water partition coefficient (Wildman–Crippen LogP) is 7.48. The molecular formula is C32H27Cl4NO7. The van der Waals surface area contributed by atoms with Crippen LogP contribution in [0.15, 0.2) is 89.9 Å². The maximum absolute atomic E-state index is 13.5. The van der Waals surface area contributed by atoms with Crippen molar-refractivity contribution < 1.29 is 28.8 Å². The minimum absolute atomic E-state index is 0.000778. The van der Waals surface area contributed by atoms with Crippen molar-refractivity contribution in [2.75, 3.05) is 6.61 Å². The van der Waals surface area contributed by atoms with Crippen molar-refractivity contribution in [3.8, 4) is 5.75 Å². The fraction of sp³-hybridized carbons (Fsp3) is 0.250. The van der Waals surface area contributed by atoms with Gasteiger partial charge in [0.2, 0.25) is 0 Å². The number of carbonyl (C=O) groups is 1. The van der Waals surface area contributed by atoms with E-state index in [0.717, 1.165) is 6.07 Å². The molecule has 1 aromatic heterocycles. The molecule has 1 saturated heterocycles. The van der Waals surface area contributed by atoms with Crippen LogP contribution < -0.4 is 5.56 Å². The van der Waals surface area contributed by atoms with Gasteiger partial charge >= 0.3 is 5.97 Å². The van der Waals surface area contributed by atoms with Crippen LogP contribution in [0.5, 0.6) is 5.75 Å². The highest BCUT2D eigenvalue weighted by Crippen LogP contribution is 2.44. The lowest BCUT2D eigenvalue weighted by Crippen LogP contribution is -2.50. The van der Waals surface area contributed by atoms with Gasteiger partial charge in [0.1, 0.15) is 18.0 Å². The minimum Gasteiger partial charge on any atom is -0.508 e. The van der Waals surface area contributed by atoms with Crippen LogP contribution in [0.3, 0.4) is 0 Å². The average molecular weight is 679 g/mol. The molecule has 8 nitrogen and oxygen atoms in total. The molecule has 1 aliphatic rings. The molecule has 2 heterocycles. The number of halogens is 4. The summed E-state index contributed by atoms with van der Waals surface area (Å²) in [5.74, 6) is -0.877. The molecule has 230 valence electrons. The second kappa shape index (κ2) is 13.9. The molecule has 0 saturated carbocycles. The lowest BCUT2D eigenvalue weighted by Gasteiger charge is -2.35. The molecule has 1 N–H and O–H groups in total. The fourth-order valence-corrected chi connectivity index (χ4v) is 5.91. The van der Waals surface area contributed by atoms with Crippen LogP contribution in [0.25, 0.3) is 0 Å². The van der Waals surface area contributed by atoms with Crippen molar-refractivity contribution >= 4 is 52.4 Å². The van der Waals surface area contributed by atoms with Gasteiger partial charge in [0.25, 0.3) is 5.56 Å². The highest BCUT2D eigenvalue weighted by Gasteiger charge is 2.59. The number of ether oxygens (including phenoxy) is 4. The molecule has 5 rings (SSSR count). The van der Waals surface area contributed by atoms with E-state index in [1.165, 1.54) is 16.8 Å². The summed E-state index contributed by atoms with van der Waals surface area (Å²) < 4.78 is 26.2. The number of esters is 1. The van der Waals surface area contributed by atoms with Crippen LogP contribution in [0.1, 0.15) is 34.6 Å². The van der Waals surface area contributed by atoms with E-state index in [1.807, 2.05) is 0 Å². The Morgan fingerprint density at radius 3 is 2.16 bits per heavy atom. The summed E-state index contributed by atoms with van der Waals surface area (Å²) in [4.78, 5) is 26.5. The molecule has 0 amide bonds. The molecule has 12 heteroatoms. The quantitative estimate of drug-likeness (QED) is 0.174. The first-order valence-electron chi connectivity index (χ1n) is 13.5. The number of hydrogen-bond donors (Lipinski definition) is 1. The molecular weight excluding hydrogens is 652 g/mol. The minimum atomic E-state index is -1.57. The maximum atomic E-state index is 13.5. The van der Waals surface area contributed by atoms with Crippen LogP contribution >= 0.6 is 46.4 Å². The second-order valence-corrected chi connectivity index (χ2v) is 12.0. The number of pyridine rings is 1. The van der Waals surface area contributed by atoms with Crippen molar-refractivity contribution in [2.24, 2.45) is 0 Å². The topological polar surface area (TPSA) is 96.2 Å². The molecule has 4 aromatic rings. The summed E-state index contributed by atoms with van der Waals surface area (Å²) in [7, 11) is 0. The van der Waals surface area contributed by atoms with Crippen molar-refractivity contribution in [3.63, 3.8) is 0 Å². The largest absolute Gasteiger partial charge is 0.508 e. The molecule has 4 atom stereocenters. The van der Waals surface area contributed by atoms with E-state index in [1.54, 1.807) is 73.7 Å². The summed E-state index contributed by atoms with van der Waals surface area (Å²) >= 11 is 24.9. The van der Waals surface area contributed by atoms with E-state index < -0.39 is 35.6 Å². The first-order chi connectivity index (χ1) is 21.0. The van der Waals surface area contributed by atoms with Crippen molar-refractivity contribution in [1.82, 2.24) is 4.57 Å². The Bertz CT molecular complexity index is 1700.